The van der Waals surface area contributed by atoms with Crippen LogP contribution in [0, 0.1) is 13.8 Å². The highest BCUT2D eigenvalue weighted by molar-refractivity contribution is 5.71. The van der Waals surface area contributed by atoms with Crippen molar-refractivity contribution in [1.29, 1.82) is 0 Å². The monoisotopic (exact) mass is 421 g/mol. The molecular formula is C23H27N5O3. The third-order valence-corrected chi connectivity index (χ3v) is 4.51. The van der Waals surface area contributed by atoms with Crippen molar-refractivity contribution in [3.63, 3.8) is 0 Å². The number of nitrogen functional groups attached to an aromatic ring is 1. The molecule has 1 aromatic heterocycles. The van der Waals surface area contributed by atoms with Crippen molar-refractivity contribution in [3.05, 3.63) is 65.0 Å². The molecule has 0 aliphatic carbocycles. The zero-order valence-corrected chi connectivity index (χ0v) is 18.2. The normalized spacial score (nSPS) is 10.7. The number of carbonyl (C=O) groups excluding carboxylic acids is 1. The largest absolute Gasteiger partial charge is 0.482 e. The molecule has 0 spiro atoms. The molecule has 8 heteroatoms. The summed E-state index contributed by atoms with van der Waals surface area (Å²) >= 11 is 0. The minimum absolute atomic E-state index is 0.0354. The summed E-state index contributed by atoms with van der Waals surface area (Å²) in [4.78, 5) is 24.5. The summed E-state index contributed by atoms with van der Waals surface area (Å²) in [6.07, 6.45) is 0. The lowest BCUT2D eigenvalue weighted by atomic mass is 10.0. The van der Waals surface area contributed by atoms with Gasteiger partial charge in [0.15, 0.2) is 19.0 Å². The number of esters is 1. The number of aryl methyl sites for hydroxylation is 2. The summed E-state index contributed by atoms with van der Waals surface area (Å²) in [6, 6.07) is 13.7. The molecule has 162 valence electrons. The molecule has 3 rings (SSSR count). The van der Waals surface area contributed by atoms with E-state index in [4.69, 9.17) is 15.2 Å². The van der Waals surface area contributed by atoms with E-state index in [0.717, 1.165) is 22.4 Å². The first kappa shape index (κ1) is 22.0. The summed E-state index contributed by atoms with van der Waals surface area (Å²) in [5, 5.41) is 3.06. The fourth-order valence-electron chi connectivity index (χ4n) is 2.89. The number of rotatable bonds is 8. The van der Waals surface area contributed by atoms with E-state index in [1.165, 1.54) is 0 Å². The summed E-state index contributed by atoms with van der Waals surface area (Å²) in [7, 11) is 0. The van der Waals surface area contributed by atoms with Crippen LogP contribution < -0.4 is 15.8 Å². The molecule has 3 N–H and O–H groups in total. The number of nitrogens with zero attached hydrogens (tertiary/aromatic N) is 3. The van der Waals surface area contributed by atoms with E-state index in [1.807, 2.05) is 56.3 Å². The van der Waals surface area contributed by atoms with Crippen molar-refractivity contribution in [1.82, 2.24) is 15.0 Å². The molecular weight excluding hydrogens is 394 g/mol. The molecule has 0 aliphatic rings. The van der Waals surface area contributed by atoms with E-state index in [2.05, 4.69) is 34.1 Å². The van der Waals surface area contributed by atoms with Gasteiger partial charge in [-0.3, -0.25) is 0 Å². The highest BCUT2D eigenvalue weighted by atomic mass is 16.6. The Morgan fingerprint density at radius 2 is 1.74 bits per heavy atom. The number of carbonyl (C=O) groups is 1. The fraction of sp³-hybridized carbons (Fsp3) is 0.304. The number of nitrogens with one attached hydrogen (secondary N) is 1. The quantitative estimate of drug-likeness (QED) is 0.524. The van der Waals surface area contributed by atoms with Crippen molar-refractivity contribution in [2.75, 3.05) is 17.7 Å². The van der Waals surface area contributed by atoms with Gasteiger partial charge in [0.05, 0.1) is 0 Å². The number of aromatic nitrogens is 3. The Hall–Kier alpha value is -3.68. The predicted octanol–water partition coefficient (Wildman–Crippen LogP) is 4.06. The molecule has 31 heavy (non-hydrogen) atoms. The van der Waals surface area contributed by atoms with Gasteiger partial charge in [-0.2, -0.15) is 15.0 Å². The van der Waals surface area contributed by atoms with E-state index in [9.17, 15) is 4.79 Å². The van der Waals surface area contributed by atoms with Crippen LogP contribution in [0.4, 0.5) is 17.6 Å². The van der Waals surface area contributed by atoms with Crippen LogP contribution in [0.5, 0.6) is 5.75 Å². The maximum Gasteiger partial charge on any atom is 0.344 e. The van der Waals surface area contributed by atoms with Crippen LogP contribution in [0.1, 0.15) is 42.3 Å². The molecule has 0 unspecified atom stereocenters. The first-order chi connectivity index (χ1) is 14.8. The average Bonchev–Trinajstić information content (AvgIpc) is 2.72. The minimum Gasteiger partial charge on any atom is -0.482 e. The SMILES string of the molecule is Cc1ccc(Nc2nc(N)nc(COC(=O)COc3cc(C)ccc3C(C)C)n2)cc1. The molecule has 0 radical (unpaired) electrons. The van der Waals surface area contributed by atoms with E-state index in [1.54, 1.807) is 0 Å². The standard InChI is InChI=1S/C23H27N5O3/c1-14(2)18-10-7-16(4)11-19(18)30-13-21(29)31-12-20-26-22(24)28-23(27-20)25-17-8-5-15(3)6-9-17/h5-11,14H,12-13H2,1-4H3,(H3,24,25,26,27,28). The summed E-state index contributed by atoms with van der Waals surface area (Å²) in [6.45, 7) is 7.78. The van der Waals surface area contributed by atoms with E-state index in [-0.39, 0.29) is 36.9 Å². The fourth-order valence-corrected chi connectivity index (χ4v) is 2.89. The summed E-state index contributed by atoms with van der Waals surface area (Å²) in [5.41, 5.74) is 9.82. The van der Waals surface area contributed by atoms with Crippen molar-refractivity contribution in [3.8, 4) is 5.75 Å². The minimum atomic E-state index is -0.525. The lowest BCUT2D eigenvalue weighted by molar-refractivity contribution is -0.147. The van der Waals surface area contributed by atoms with Gasteiger partial charge >= 0.3 is 5.97 Å². The maximum atomic E-state index is 12.2. The maximum absolute atomic E-state index is 12.2. The van der Waals surface area contributed by atoms with Gasteiger partial charge in [0.25, 0.3) is 0 Å². The van der Waals surface area contributed by atoms with Crippen LogP contribution in [0.2, 0.25) is 0 Å². The smallest absolute Gasteiger partial charge is 0.344 e. The third kappa shape index (κ3) is 6.40. The first-order valence-electron chi connectivity index (χ1n) is 10.0. The predicted molar refractivity (Wildman–Crippen MR) is 119 cm³/mol. The second-order valence-electron chi connectivity index (χ2n) is 7.57. The molecule has 0 saturated carbocycles. The summed E-state index contributed by atoms with van der Waals surface area (Å²) < 4.78 is 11.0. The molecule has 0 fully saturated rings. The van der Waals surface area contributed by atoms with Crippen molar-refractivity contribution in [2.24, 2.45) is 0 Å². The van der Waals surface area contributed by atoms with Gasteiger partial charge in [-0.05, 0) is 49.1 Å². The van der Waals surface area contributed by atoms with Crippen molar-refractivity contribution < 1.29 is 14.3 Å². The van der Waals surface area contributed by atoms with E-state index < -0.39 is 5.97 Å². The second kappa shape index (κ2) is 9.88. The van der Waals surface area contributed by atoms with Gasteiger partial charge in [0.1, 0.15) is 5.75 Å². The Kier molecular flexibility index (Phi) is 7.02. The molecule has 1 heterocycles. The van der Waals surface area contributed by atoms with Gasteiger partial charge in [-0.15, -0.1) is 0 Å². The van der Waals surface area contributed by atoms with Crippen molar-refractivity contribution in [2.45, 2.75) is 40.2 Å². The number of nitrogens with two attached hydrogens (primary N) is 1. The van der Waals surface area contributed by atoms with Gasteiger partial charge in [0.2, 0.25) is 11.9 Å². The van der Waals surface area contributed by atoms with Crippen LogP contribution >= 0.6 is 0 Å². The molecule has 3 aromatic rings. The number of anilines is 3. The summed E-state index contributed by atoms with van der Waals surface area (Å²) in [5.74, 6) is 0.991. The van der Waals surface area contributed by atoms with Crippen LogP contribution in [0.3, 0.4) is 0 Å². The highest BCUT2D eigenvalue weighted by Gasteiger charge is 2.12. The third-order valence-electron chi connectivity index (χ3n) is 4.51. The van der Waals surface area contributed by atoms with Crippen molar-refractivity contribution >= 4 is 23.6 Å². The molecule has 0 saturated heterocycles. The Bertz CT molecular complexity index is 1050. The molecule has 0 bridgehead atoms. The second-order valence-corrected chi connectivity index (χ2v) is 7.57. The molecule has 0 atom stereocenters. The van der Waals surface area contributed by atoms with Gasteiger partial charge in [-0.1, -0.05) is 43.7 Å². The lowest BCUT2D eigenvalue weighted by Gasteiger charge is -2.14. The zero-order chi connectivity index (χ0) is 22.4. The number of ether oxygens (including phenoxy) is 2. The van der Waals surface area contributed by atoms with Crippen LogP contribution in [0.25, 0.3) is 0 Å². The van der Waals surface area contributed by atoms with E-state index >= 15 is 0 Å². The lowest BCUT2D eigenvalue weighted by Crippen LogP contribution is -2.17. The van der Waals surface area contributed by atoms with Gasteiger partial charge in [-0.25, -0.2) is 4.79 Å². The average molecular weight is 422 g/mol. The molecule has 0 amide bonds. The van der Waals surface area contributed by atoms with Crippen LogP contribution in [-0.2, 0) is 16.1 Å². The zero-order valence-electron chi connectivity index (χ0n) is 18.2. The number of hydrogen-bond acceptors (Lipinski definition) is 8. The van der Waals surface area contributed by atoms with Gasteiger partial charge < -0.3 is 20.5 Å². The number of benzene rings is 2. The van der Waals surface area contributed by atoms with E-state index in [0.29, 0.717) is 5.75 Å². The Balaban J connectivity index is 1.58. The number of hydrogen-bond donors (Lipinski definition) is 2. The van der Waals surface area contributed by atoms with Gasteiger partial charge in [0, 0.05) is 5.69 Å². The Morgan fingerprint density at radius 1 is 1.03 bits per heavy atom. The van der Waals surface area contributed by atoms with Crippen LogP contribution in [-0.4, -0.2) is 27.5 Å². The topological polar surface area (TPSA) is 112 Å². The Labute approximate surface area is 181 Å². The Morgan fingerprint density at radius 3 is 2.45 bits per heavy atom. The molecule has 8 nitrogen and oxygen atoms in total. The first-order valence-corrected chi connectivity index (χ1v) is 10.0. The van der Waals surface area contributed by atoms with Crippen LogP contribution in [0.15, 0.2) is 42.5 Å². The molecule has 2 aromatic carbocycles. The molecule has 0 aliphatic heterocycles. The highest BCUT2D eigenvalue weighted by Crippen LogP contribution is 2.27.